The van der Waals surface area contributed by atoms with Gasteiger partial charge in [0.05, 0.1) is 6.07 Å². The Labute approximate surface area is 61.4 Å². The van der Waals surface area contributed by atoms with Crippen molar-refractivity contribution < 1.29 is 0 Å². The summed E-state index contributed by atoms with van der Waals surface area (Å²) in [6, 6.07) is 2.14. The van der Waals surface area contributed by atoms with Gasteiger partial charge < -0.3 is 0 Å². The molecule has 2 heteroatoms. The second-order valence-corrected chi connectivity index (χ2v) is 3.21. The standard InChI is InChI=1S/C7H13NS/c1-2-9-7-5-3-4-6-8/h2-5,7H2,1H3. The van der Waals surface area contributed by atoms with Gasteiger partial charge in [-0.3, -0.25) is 0 Å². The number of unbranched alkanes of at least 4 members (excludes halogenated alkanes) is 2. The van der Waals surface area contributed by atoms with Crippen LogP contribution >= 0.6 is 11.8 Å². The van der Waals surface area contributed by atoms with Crippen LogP contribution in [0.3, 0.4) is 0 Å². The smallest absolute Gasteiger partial charge is 0.0621 e. The normalized spacial score (nSPS) is 8.89. The fourth-order valence-electron chi connectivity index (χ4n) is 0.553. The molecule has 0 aromatic carbocycles. The quantitative estimate of drug-likeness (QED) is 0.552. The second kappa shape index (κ2) is 7.84. The SMILES string of the molecule is CCSCCCCC#N. The lowest BCUT2D eigenvalue weighted by Gasteiger charge is -1.93. The van der Waals surface area contributed by atoms with Crippen LogP contribution in [0.15, 0.2) is 0 Å². The van der Waals surface area contributed by atoms with E-state index in [-0.39, 0.29) is 0 Å². The molecule has 0 saturated carbocycles. The van der Waals surface area contributed by atoms with Crippen LogP contribution in [-0.4, -0.2) is 11.5 Å². The molecule has 0 bridgehead atoms. The Hall–Kier alpha value is -0.160. The minimum atomic E-state index is 0.726. The Morgan fingerprint density at radius 3 is 2.78 bits per heavy atom. The van der Waals surface area contributed by atoms with E-state index in [9.17, 15) is 0 Å². The summed E-state index contributed by atoms with van der Waals surface area (Å²) in [7, 11) is 0. The lowest BCUT2D eigenvalue weighted by Crippen LogP contribution is -1.79. The summed E-state index contributed by atoms with van der Waals surface area (Å²) in [6.45, 7) is 2.16. The molecule has 52 valence electrons. The number of nitrogens with zero attached hydrogens (tertiary/aromatic N) is 1. The molecule has 0 aromatic rings. The van der Waals surface area contributed by atoms with Crippen LogP contribution in [0.4, 0.5) is 0 Å². The van der Waals surface area contributed by atoms with Gasteiger partial charge in [0, 0.05) is 6.42 Å². The van der Waals surface area contributed by atoms with Gasteiger partial charge in [0.25, 0.3) is 0 Å². The molecule has 0 heterocycles. The van der Waals surface area contributed by atoms with Gasteiger partial charge in [-0.25, -0.2) is 0 Å². The van der Waals surface area contributed by atoms with Gasteiger partial charge in [-0.1, -0.05) is 6.92 Å². The topological polar surface area (TPSA) is 23.8 Å². The van der Waals surface area contributed by atoms with Gasteiger partial charge in [0.1, 0.15) is 0 Å². The largest absolute Gasteiger partial charge is 0.198 e. The maximum absolute atomic E-state index is 8.17. The predicted molar refractivity (Wildman–Crippen MR) is 42.5 cm³/mol. The molecule has 0 amide bonds. The number of hydrogen-bond donors (Lipinski definition) is 0. The Morgan fingerprint density at radius 1 is 1.44 bits per heavy atom. The van der Waals surface area contributed by atoms with Crippen molar-refractivity contribution in [2.45, 2.75) is 26.2 Å². The Morgan fingerprint density at radius 2 is 2.22 bits per heavy atom. The minimum Gasteiger partial charge on any atom is -0.198 e. The number of hydrogen-bond acceptors (Lipinski definition) is 2. The molecule has 0 aromatic heterocycles. The molecule has 0 radical (unpaired) electrons. The molecule has 0 atom stereocenters. The highest BCUT2D eigenvalue weighted by atomic mass is 32.2. The van der Waals surface area contributed by atoms with Gasteiger partial charge in [-0.2, -0.15) is 17.0 Å². The van der Waals surface area contributed by atoms with Gasteiger partial charge in [-0.05, 0) is 24.3 Å². The van der Waals surface area contributed by atoms with E-state index < -0.39 is 0 Å². The zero-order chi connectivity index (χ0) is 6.95. The van der Waals surface area contributed by atoms with E-state index in [1.165, 1.54) is 17.9 Å². The van der Waals surface area contributed by atoms with Crippen LogP contribution in [0.2, 0.25) is 0 Å². The molecule has 0 aliphatic rings. The summed E-state index contributed by atoms with van der Waals surface area (Å²) in [5, 5.41) is 8.17. The van der Waals surface area contributed by atoms with Crippen molar-refractivity contribution in [2.24, 2.45) is 0 Å². The van der Waals surface area contributed by atoms with Crippen molar-refractivity contribution in [2.75, 3.05) is 11.5 Å². The van der Waals surface area contributed by atoms with E-state index in [0.717, 1.165) is 12.8 Å². The zero-order valence-electron chi connectivity index (χ0n) is 5.89. The summed E-state index contributed by atoms with van der Waals surface area (Å²) in [5.41, 5.74) is 0. The van der Waals surface area contributed by atoms with E-state index in [1.54, 1.807) is 0 Å². The van der Waals surface area contributed by atoms with Crippen LogP contribution < -0.4 is 0 Å². The second-order valence-electron chi connectivity index (χ2n) is 1.81. The third-order valence-electron chi connectivity index (χ3n) is 1.03. The van der Waals surface area contributed by atoms with Crippen molar-refractivity contribution in [1.29, 1.82) is 5.26 Å². The number of rotatable bonds is 5. The van der Waals surface area contributed by atoms with E-state index in [0.29, 0.717) is 0 Å². The molecule has 0 aliphatic carbocycles. The summed E-state index contributed by atoms with van der Waals surface area (Å²) < 4.78 is 0. The van der Waals surface area contributed by atoms with E-state index in [1.807, 2.05) is 11.8 Å². The van der Waals surface area contributed by atoms with E-state index in [2.05, 4.69) is 13.0 Å². The fraction of sp³-hybridized carbons (Fsp3) is 0.857. The van der Waals surface area contributed by atoms with Crippen molar-refractivity contribution in [1.82, 2.24) is 0 Å². The molecule has 9 heavy (non-hydrogen) atoms. The zero-order valence-corrected chi connectivity index (χ0v) is 6.71. The van der Waals surface area contributed by atoms with Gasteiger partial charge in [0.2, 0.25) is 0 Å². The average molecular weight is 143 g/mol. The molecule has 0 fully saturated rings. The first-order valence-corrected chi connectivity index (χ1v) is 4.52. The summed E-state index contributed by atoms with van der Waals surface area (Å²) >= 11 is 1.95. The molecule has 1 nitrogen and oxygen atoms in total. The van der Waals surface area contributed by atoms with Crippen LogP contribution in [0.1, 0.15) is 26.2 Å². The van der Waals surface area contributed by atoms with Crippen LogP contribution in [-0.2, 0) is 0 Å². The van der Waals surface area contributed by atoms with Crippen molar-refractivity contribution in [3.05, 3.63) is 0 Å². The van der Waals surface area contributed by atoms with Crippen LogP contribution in [0.5, 0.6) is 0 Å². The molecular weight excluding hydrogens is 130 g/mol. The minimum absolute atomic E-state index is 0.726. The highest BCUT2D eigenvalue weighted by Crippen LogP contribution is 2.04. The third kappa shape index (κ3) is 7.84. The van der Waals surface area contributed by atoms with Crippen molar-refractivity contribution in [3.63, 3.8) is 0 Å². The summed E-state index contributed by atoms with van der Waals surface area (Å²) in [6.07, 6.45) is 3.00. The molecule has 0 aliphatic heterocycles. The lowest BCUT2D eigenvalue weighted by atomic mass is 10.3. The van der Waals surface area contributed by atoms with Crippen LogP contribution in [0, 0.1) is 11.3 Å². The first-order valence-electron chi connectivity index (χ1n) is 3.36. The molecule has 0 spiro atoms. The predicted octanol–water partition coefficient (Wildman–Crippen LogP) is 2.43. The monoisotopic (exact) mass is 143 g/mol. The molecule has 0 N–H and O–H groups in total. The summed E-state index contributed by atoms with van der Waals surface area (Å²) in [4.78, 5) is 0. The Bertz CT molecular complexity index is 85.4. The van der Waals surface area contributed by atoms with Gasteiger partial charge >= 0.3 is 0 Å². The highest BCUT2D eigenvalue weighted by molar-refractivity contribution is 7.99. The van der Waals surface area contributed by atoms with Gasteiger partial charge in [-0.15, -0.1) is 0 Å². The Balaban J connectivity index is 2.69. The number of thioether (sulfide) groups is 1. The first-order chi connectivity index (χ1) is 4.41. The number of nitriles is 1. The third-order valence-corrected chi connectivity index (χ3v) is 2.02. The maximum atomic E-state index is 8.17. The lowest BCUT2D eigenvalue weighted by molar-refractivity contribution is 0.830. The molecule has 0 unspecified atom stereocenters. The average Bonchev–Trinajstić information content (AvgIpc) is 1.89. The molecular formula is C7H13NS. The fourth-order valence-corrected chi connectivity index (χ4v) is 1.25. The maximum Gasteiger partial charge on any atom is 0.0621 e. The Kier molecular flexibility index (Phi) is 7.70. The first kappa shape index (κ1) is 8.84. The van der Waals surface area contributed by atoms with E-state index >= 15 is 0 Å². The van der Waals surface area contributed by atoms with Crippen molar-refractivity contribution >= 4 is 11.8 Å². The van der Waals surface area contributed by atoms with Gasteiger partial charge in [0.15, 0.2) is 0 Å². The van der Waals surface area contributed by atoms with Crippen LogP contribution in [0.25, 0.3) is 0 Å². The van der Waals surface area contributed by atoms with E-state index in [4.69, 9.17) is 5.26 Å². The molecule has 0 saturated heterocycles. The summed E-state index contributed by atoms with van der Waals surface area (Å²) in [5.74, 6) is 2.42. The highest BCUT2D eigenvalue weighted by Gasteiger charge is 1.85. The molecule has 0 rings (SSSR count). The van der Waals surface area contributed by atoms with Crippen molar-refractivity contribution in [3.8, 4) is 6.07 Å².